The number of nitrogens with zero attached hydrogens (tertiary/aromatic N) is 2. The average molecular weight is 438 g/mol. The minimum absolute atomic E-state index is 0.00134. The second kappa shape index (κ2) is 11.0. The molecule has 1 saturated heterocycles. The second-order valence-corrected chi connectivity index (χ2v) is 6.46. The van der Waals surface area contributed by atoms with Gasteiger partial charge in [-0.1, -0.05) is 42.0 Å². The Bertz CT molecular complexity index is 1020. The van der Waals surface area contributed by atoms with Crippen molar-refractivity contribution in [2.45, 2.75) is 6.29 Å². The zero-order valence-electron chi connectivity index (χ0n) is 17.5. The lowest BCUT2D eigenvalue weighted by Crippen LogP contribution is -2.38. The van der Waals surface area contributed by atoms with E-state index in [1.165, 1.54) is 25.3 Å². The average Bonchev–Trinajstić information content (AvgIpc) is 3.20. The maximum absolute atomic E-state index is 12.8. The van der Waals surface area contributed by atoms with Crippen LogP contribution in [0.3, 0.4) is 0 Å². The number of hydrogen-bond acceptors (Lipinski definition) is 8. The first kappa shape index (κ1) is 22.8. The Kier molecular flexibility index (Phi) is 7.81. The zero-order valence-corrected chi connectivity index (χ0v) is 17.5. The summed E-state index contributed by atoms with van der Waals surface area (Å²) >= 11 is 0. The standard InChI is InChI=1S/C22H22N4O6/c1-30-19(31-2)14-23-21(28)17(24-20(27)15-9-5-3-6-10-15)13-18-22(29)32-25-26(18)16-11-7-4-8-12-16/h3-13,19,25H,14H2,1-2H3,(H,23,28)/b18-13+,24-17?. The van der Waals surface area contributed by atoms with Crippen molar-refractivity contribution in [3.63, 3.8) is 0 Å². The van der Waals surface area contributed by atoms with Crippen molar-refractivity contribution in [3.8, 4) is 0 Å². The Hall–Kier alpha value is -3.86. The first-order valence-electron chi connectivity index (χ1n) is 9.59. The van der Waals surface area contributed by atoms with Crippen molar-refractivity contribution in [1.29, 1.82) is 0 Å². The van der Waals surface area contributed by atoms with Crippen molar-refractivity contribution >= 4 is 29.2 Å². The van der Waals surface area contributed by atoms with Gasteiger partial charge in [-0.3, -0.25) is 9.59 Å². The number of aliphatic imine (C=N–C) groups is 1. The van der Waals surface area contributed by atoms with Crippen LogP contribution in [0.4, 0.5) is 5.69 Å². The van der Waals surface area contributed by atoms with Crippen molar-refractivity contribution in [2.24, 2.45) is 4.99 Å². The van der Waals surface area contributed by atoms with Gasteiger partial charge in [0.2, 0.25) is 0 Å². The highest BCUT2D eigenvalue weighted by molar-refractivity contribution is 6.45. The van der Waals surface area contributed by atoms with Gasteiger partial charge in [0.25, 0.3) is 11.8 Å². The van der Waals surface area contributed by atoms with Crippen LogP contribution in [0.15, 0.2) is 77.4 Å². The van der Waals surface area contributed by atoms with Crippen molar-refractivity contribution < 1.29 is 28.7 Å². The third kappa shape index (κ3) is 5.64. The lowest BCUT2D eigenvalue weighted by atomic mass is 10.2. The van der Waals surface area contributed by atoms with E-state index < -0.39 is 24.1 Å². The lowest BCUT2D eigenvalue weighted by molar-refractivity contribution is -0.140. The molecular weight excluding hydrogens is 416 g/mol. The number of carbonyl (C=O) groups is 3. The molecule has 1 aliphatic heterocycles. The highest BCUT2D eigenvalue weighted by Crippen LogP contribution is 2.21. The number of amides is 2. The van der Waals surface area contributed by atoms with Crippen LogP contribution in [0, 0.1) is 0 Å². The van der Waals surface area contributed by atoms with Crippen LogP contribution in [0.2, 0.25) is 0 Å². The molecule has 2 amide bonds. The molecule has 2 N–H and O–H groups in total. The van der Waals surface area contributed by atoms with Crippen molar-refractivity contribution in [1.82, 2.24) is 10.9 Å². The fraction of sp³-hybridized carbons (Fsp3) is 0.182. The number of hydrazine groups is 1. The molecule has 1 heterocycles. The molecule has 0 spiro atoms. The SMILES string of the molecule is COC(CNC(=O)C(/C=C1\C(=O)ONN1c1ccccc1)=NC(=O)c1ccccc1)OC. The predicted molar refractivity (Wildman–Crippen MR) is 115 cm³/mol. The lowest BCUT2D eigenvalue weighted by Gasteiger charge is -2.16. The molecular formula is C22H22N4O6. The molecule has 0 saturated carbocycles. The number of hydrogen-bond donors (Lipinski definition) is 2. The number of ether oxygens (including phenoxy) is 2. The van der Waals surface area contributed by atoms with Gasteiger partial charge in [-0.15, -0.1) is 0 Å². The summed E-state index contributed by atoms with van der Waals surface area (Å²) in [5.74, 6) is -2.09. The topological polar surface area (TPSA) is 119 Å². The van der Waals surface area contributed by atoms with Gasteiger partial charge < -0.3 is 19.6 Å². The fourth-order valence-electron chi connectivity index (χ4n) is 2.73. The largest absolute Gasteiger partial charge is 0.376 e. The zero-order chi connectivity index (χ0) is 22.9. The Morgan fingerprint density at radius 3 is 2.34 bits per heavy atom. The van der Waals surface area contributed by atoms with Crippen LogP contribution in [0.25, 0.3) is 0 Å². The monoisotopic (exact) mass is 438 g/mol. The maximum Gasteiger partial charge on any atom is 0.376 e. The molecule has 0 bridgehead atoms. The number of rotatable bonds is 8. The number of carbonyl (C=O) groups excluding carboxylic acids is 3. The number of methoxy groups -OCH3 is 2. The molecule has 0 unspecified atom stereocenters. The molecule has 32 heavy (non-hydrogen) atoms. The summed E-state index contributed by atoms with van der Waals surface area (Å²) in [6, 6.07) is 17.1. The van der Waals surface area contributed by atoms with Crippen LogP contribution in [-0.4, -0.2) is 50.5 Å². The molecule has 10 nitrogen and oxygen atoms in total. The van der Waals surface area contributed by atoms with E-state index in [9.17, 15) is 14.4 Å². The van der Waals surface area contributed by atoms with E-state index in [1.807, 2.05) is 6.07 Å². The predicted octanol–water partition coefficient (Wildman–Crippen LogP) is 1.37. The summed E-state index contributed by atoms with van der Waals surface area (Å²) in [5, 5.41) is 3.92. The van der Waals surface area contributed by atoms with Gasteiger partial charge in [0, 0.05) is 25.9 Å². The summed E-state index contributed by atoms with van der Waals surface area (Å²) in [6.45, 7) is -0.00134. The minimum atomic E-state index is -0.742. The first-order chi connectivity index (χ1) is 15.5. The summed E-state index contributed by atoms with van der Waals surface area (Å²) in [5.41, 5.74) is 3.03. The Labute approximate surface area is 184 Å². The number of benzene rings is 2. The van der Waals surface area contributed by atoms with E-state index in [1.54, 1.807) is 54.6 Å². The highest BCUT2D eigenvalue weighted by atomic mass is 16.7. The number of nitrogens with one attached hydrogen (secondary N) is 2. The van der Waals surface area contributed by atoms with Gasteiger partial charge in [0.15, 0.2) is 12.0 Å². The highest BCUT2D eigenvalue weighted by Gasteiger charge is 2.30. The van der Waals surface area contributed by atoms with E-state index in [-0.39, 0.29) is 23.5 Å². The summed E-state index contributed by atoms with van der Waals surface area (Å²) in [7, 11) is 2.85. The minimum Gasteiger partial charge on any atom is -0.354 e. The molecule has 1 fully saturated rings. The molecule has 0 atom stereocenters. The summed E-state index contributed by atoms with van der Waals surface area (Å²) in [4.78, 5) is 46.6. The summed E-state index contributed by atoms with van der Waals surface area (Å²) in [6.07, 6.45) is 0.483. The quantitative estimate of drug-likeness (QED) is 0.360. The van der Waals surface area contributed by atoms with Crippen molar-refractivity contribution in [2.75, 3.05) is 25.8 Å². The van der Waals surface area contributed by atoms with Crippen LogP contribution in [-0.2, 0) is 23.9 Å². The van der Waals surface area contributed by atoms with E-state index in [2.05, 4.69) is 15.9 Å². The van der Waals surface area contributed by atoms with Gasteiger partial charge in [-0.2, -0.15) is 0 Å². The molecule has 2 aromatic carbocycles. The molecule has 1 aliphatic rings. The summed E-state index contributed by atoms with van der Waals surface area (Å²) < 4.78 is 10.1. The normalized spacial score (nSPS) is 15.2. The third-order valence-corrected chi connectivity index (χ3v) is 4.40. The molecule has 3 rings (SSSR count). The van der Waals surface area contributed by atoms with Gasteiger partial charge in [0.1, 0.15) is 5.71 Å². The molecule has 0 radical (unpaired) electrons. The third-order valence-electron chi connectivity index (χ3n) is 4.40. The molecule has 0 aromatic heterocycles. The van der Waals surface area contributed by atoms with Gasteiger partial charge in [0.05, 0.1) is 12.2 Å². The maximum atomic E-state index is 12.8. The van der Waals surface area contributed by atoms with Crippen LogP contribution < -0.4 is 15.9 Å². The van der Waals surface area contributed by atoms with E-state index in [0.717, 1.165) is 0 Å². The fourth-order valence-corrected chi connectivity index (χ4v) is 2.73. The molecule has 0 aliphatic carbocycles. The van der Waals surface area contributed by atoms with Crippen LogP contribution in [0.5, 0.6) is 0 Å². The molecule has 166 valence electrons. The second-order valence-electron chi connectivity index (χ2n) is 6.46. The Morgan fingerprint density at radius 1 is 1.09 bits per heavy atom. The smallest absolute Gasteiger partial charge is 0.354 e. The Balaban J connectivity index is 1.95. The van der Waals surface area contributed by atoms with E-state index in [4.69, 9.17) is 14.3 Å². The van der Waals surface area contributed by atoms with Gasteiger partial charge in [-0.05, 0) is 24.3 Å². The molecule has 2 aromatic rings. The first-order valence-corrected chi connectivity index (χ1v) is 9.59. The van der Waals surface area contributed by atoms with E-state index >= 15 is 0 Å². The van der Waals surface area contributed by atoms with Crippen LogP contribution in [0.1, 0.15) is 10.4 Å². The Morgan fingerprint density at radius 2 is 1.72 bits per heavy atom. The van der Waals surface area contributed by atoms with Crippen LogP contribution >= 0.6 is 0 Å². The van der Waals surface area contributed by atoms with E-state index in [0.29, 0.717) is 5.69 Å². The van der Waals surface area contributed by atoms with Gasteiger partial charge in [-0.25, -0.2) is 14.8 Å². The number of anilines is 1. The number of para-hydroxylation sites is 1. The molecule has 10 heteroatoms. The van der Waals surface area contributed by atoms with Crippen molar-refractivity contribution in [3.05, 3.63) is 78.0 Å². The van der Waals surface area contributed by atoms with Gasteiger partial charge >= 0.3 is 5.97 Å².